The fourth-order valence-corrected chi connectivity index (χ4v) is 2.61. The van der Waals surface area contributed by atoms with Gasteiger partial charge in [0.1, 0.15) is 17.9 Å². The lowest BCUT2D eigenvalue weighted by atomic mass is 10.2. The third-order valence-corrected chi connectivity index (χ3v) is 3.91. The van der Waals surface area contributed by atoms with E-state index < -0.39 is 0 Å². The second-order valence-corrected chi connectivity index (χ2v) is 5.88. The number of amides is 2. The summed E-state index contributed by atoms with van der Waals surface area (Å²) in [5.74, 6) is 0.221. The van der Waals surface area contributed by atoms with Gasteiger partial charge in [0.05, 0.1) is 29.2 Å². The summed E-state index contributed by atoms with van der Waals surface area (Å²) in [6.45, 7) is 0. The Bertz CT molecular complexity index is 1230. The first-order valence-electron chi connectivity index (χ1n) is 8.63. The molecule has 142 valence electrons. The molecule has 2 amide bonds. The van der Waals surface area contributed by atoms with Gasteiger partial charge in [-0.1, -0.05) is 6.07 Å². The van der Waals surface area contributed by atoms with Crippen LogP contribution in [0.3, 0.4) is 0 Å². The minimum atomic E-state index is -0.346. The Hall–Kier alpha value is -4.27. The van der Waals surface area contributed by atoms with Crippen LogP contribution in [-0.4, -0.2) is 34.2 Å². The lowest BCUT2D eigenvalue weighted by Crippen LogP contribution is -2.30. The zero-order valence-corrected chi connectivity index (χ0v) is 15.0. The molecule has 1 N–H and O–H groups in total. The normalized spacial score (nSPS) is 21.4. The van der Waals surface area contributed by atoms with E-state index in [1.807, 2.05) is 0 Å². The van der Waals surface area contributed by atoms with Gasteiger partial charge in [-0.15, -0.1) is 0 Å². The van der Waals surface area contributed by atoms with E-state index in [1.54, 1.807) is 30.3 Å². The molecule has 9 nitrogen and oxygen atoms in total. The van der Waals surface area contributed by atoms with E-state index in [0.29, 0.717) is 33.5 Å². The lowest BCUT2D eigenvalue weighted by Gasteiger charge is -2.01. The van der Waals surface area contributed by atoms with Gasteiger partial charge >= 0.3 is 0 Å². The van der Waals surface area contributed by atoms with Crippen LogP contribution >= 0.6 is 0 Å². The molecule has 3 heterocycles. The first-order chi connectivity index (χ1) is 14.2. The van der Waals surface area contributed by atoms with E-state index in [-0.39, 0.29) is 18.2 Å². The molecule has 0 saturated carbocycles. The molecule has 9 heteroatoms. The fraction of sp³-hybridized carbons (Fsp3) is 0.0500. The van der Waals surface area contributed by atoms with Crippen molar-refractivity contribution in [3.63, 3.8) is 0 Å². The quantitative estimate of drug-likeness (QED) is 0.725. The van der Waals surface area contributed by atoms with Gasteiger partial charge in [0, 0.05) is 24.7 Å². The van der Waals surface area contributed by atoms with Gasteiger partial charge in [0.15, 0.2) is 5.49 Å². The van der Waals surface area contributed by atoms with Crippen molar-refractivity contribution in [2.45, 2.75) is 6.42 Å². The highest BCUT2D eigenvalue weighted by Crippen LogP contribution is 2.20. The zero-order valence-electron chi connectivity index (χ0n) is 15.0. The third kappa shape index (κ3) is 4.19. The summed E-state index contributed by atoms with van der Waals surface area (Å²) in [4.78, 5) is 44.7. The van der Waals surface area contributed by atoms with Gasteiger partial charge in [-0.25, -0.2) is 20.0 Å². The van der Waals surface area contributed by atoms with Gasteiger partial charge in [-0.2, -0.15) is 0 Å². The predicted molar refractivity (Wildman–Crippen MR) is 106 cm³/mol. The maximum absolute atomic E-state index is 12.4. The van der Waals surface area contributed by atoms with Crippen LogP contribution in [0.5, 0.6) is 5.75 Å². The molecule has 0 saturated heterocycles. The van der Waals surface area contributed by atoms with Crippen LogP contribution in [0.15, 0.2) is 70.2 Å². The molecular formula is C20H14N6O3. The van der Waals surface area contributed by atoms with E-state index in [2.05, 4.69) is 30.3 Å². The summed E-state index contributed by atoms with van der Waals surface area (Å²) in [6.07, 6.45) is 10.1. The molecule has 0 fully saturated rings. The van der Waals surface area contributed by atoms with Crippen LogP contribution in [0.1, 0.15) is 6.42 Å². The standard InChI is InChI=1S/C20H14N6O3/c27-16-6-2-9-29-14-5-1-4-13(10-14)23-11-15-17-18(22-8-3-7-21-16)24-12-25-19(17)26-20(15)28/h1-5,7-12H,6H2,(H,22,24,25,26,28)/b8-3-,9-2-,21-7-,23-11-. The van der Waals surface area contributed by atoms with E-state index >= 15 is 0 Å². The van der Waals surface area contributed by atoms with Crippen LogP contribution < -0.4 is 20.8 Å². The van der Waals surface area contributed by atoms with Crippen molar-refractivity contribution in [1.29, 1.82) is 0 Å². The van der Waals surface area contributed by atoms with Crippen molar-refractivity contribution < 1.29 is 14.3 Å². The lowest BCUT2D eigenvalue weighted by molar-refractivity contribution is -0.117. The molecule has 0 atom stereocenters. The number of fused-ring (bicyclic) bond motifs is 2. The Morgan fingerprint density at radius 1 is 1.10 bits per heavy atom. The summed E-state index contributed by atoms with van der Waals surface area (Å²) >= 11 is 0. The zero-order chi connectivity index (χ0) is 20.1. The first-order valence-corrected chi connectivity index (χ1v) is 8.63. The average Bonchev–Trinajstić information content (AvgIpc) is 3.05. The maximum atomic E-state index is 12.4. The molecule has 1 aromatic heterocycles. The largest absolute Gasteiger partial charge is 0.465 e. The Kier molecular flexibility index (Phi) is 5.10. The smallest absolute Gasteiger partial charge is 0.259 e. The van der Waals surface area contributed by atoms with Crippen molar-refractivity contribution >= 4 is 41.3 Å². The number of hydrogen-bond acceptors (Lipinski definition) is 7. The fourth-order valence-electron chi connectivity index (χ4n) is 2.61. The Morgan fingerprint density at radius 3 is 2.97 bits per heavy atom. The Balaban J connectivity index is 1.86. The number of nitrogens with zero attached hydrogens (tertiary/aromatic N) is 5. The third-order valence-electron chi connectivity index (χ3n) is 3.91. The molecule has 0 spiro atoms. The number of aliphatic imine (C=N–C) groups is 2. The van der Waals surface area contributed by atoms with Gasteiger partial charge in [0.2, 0.25) is 5.91 Å². The molecule has 2 aromatic rings. The molecule has 2 aliphatic rings. The van der Waals surface area contributed by atoms with Crippen molar-refractivity contribution in [2.24, 2.45) is 15.0 Å². The summed E-state index contributed by atoms with van der Waals surface area (Å²) in [5.41, 5.74) is 1.18. The number of allylic oxidation sites excluding steroid dienone is 1. The number of carbonyl (C=O) groups excluding carboxylic acids is 2. The van der Waals surface area contributed by atoms with Crippen LogP contribution in [0.2, 0.25) is 0 Å². The first kappa shape index (κ1) is 18.1. The van der Waals surface area contributed by atoms with Gasteiger partial charge < -0.3 is 10.1 Å². The molecule has 29 heavy (non-hydrogen) atoms. The summed E-state index contributed by atoms with van der Waals surface area (Å²) in [5, 5.41) is 3.13. The number of benzene rings is 1. The Morgan fingerprint density at radius 2 is 2.03 bits per heavy atom. The number of carbonyl (C=O) groups is 2. The molecule has 1 aromatic carbocycles. The molecule has 0 radical (unpaired) electrons. The topological polar surface area (TPSA) is 118 Å². The van der Waals surface area contributed by atoms with E-state index in [9.17, 15) is 9.59 Å². The number of ether oxygens (including phenoxy) is 1. The number of nitrogens with one attached hydrogen (secondary N) is 1. The summed E-state index contributed by atoms with van der Waals surface area (Å²) in [6, 6.07) is 6.99. The summed E-state index contributed by atoms with van der Waals surface area (Å²) in [7, 11) is 0. The average molecular weight is 386 g/mol. The molecule has 4 rings (SSSR count). The predicted octanol–water partition coefficient (Wildman–Crippen LogP) is 1.01. The Labute approximate surface area is 164 Å². The second kappa shape index (κ2) is 8.17. The van der Waals surface area contributed by atoms with Gasteiger partial charge in [-0.3, -0.25) is 14.6 Å². The molecule has 0 aliphatic carbocycles. The molecular weight excluding hydrogens is 372 g/mol. The number of aromatic nitrogens is 2. The van der Waals surface area contributed by atoms with Crippen LogP contribution in [-0.2, 0) is 9.59 Å². The maximum Gasteiger partial charge on any atom is 0.259 e. The number of rotatable bonds is 0. The van der Waals surface area contributed by atoms with Crippen molar-refractivity contribution in [3.05, 3.63) is 65.9 Å². The minimum absolute atomic E-state index is 0.102. The van der Waals surface area contributed by atoms with Crippen LogP contribution in [0, 0.1) is 0 Å². The molecule has 0 unspecified atom stereocenters. The van der Waals surface area contributed by atoms with Crippen molar-refractivity contribution in [2.75, 3.05) is 5.32 Å². The number of anilines is 1. The highest BCUT2D eigenvalue weighted by molar-refractivity contribution is 6.40. The highest BCUT2D eigenvalue weighted by Gasteiger charge is 2.21. The second-order valence-electron chi connectivity index (χ2n) is 5.88. The summed E-state index contributed by atoms with van der Waals surface area (Å²) < 4.78 is 5.49. The van der Waals surface area contributed by atoms with Gasteiger partial charge in [-0.05, 0) is 24.3 Å². The van der Waals surface area contributed by atoms with E-state index in [1.165, 1.54) is 37.3 Å². The highest BCUT2D eigenvalue weighted by atomic mass is 16.5. The van der Waals surface area contributed by atoms with Crippen LogP contribution in [0.4, 0.5) is 11.5 Å². The van der Waals surface area contributed by atoms with Gasteiger partial charge in [0.25, 0.3) is 5.91 Å². The van der Waals surface area contributed by atoms with E-state index in [4.69, 9.17) is 4.74 Å². The monoisotopic (exact) mass is 386 g/mol. The minimum Gasteiger partial charge on any atom is -0.465 e. The van der Waals surface area contributed by atoms with Crippen LogP contribution in [0.25, 0.3) is 5.57 Å². The van der Waals surface area contributed by atoms with Crippen molar-refractivity contribution in [3.8, 4) is 5.75 Å². The van der Waals surface area contributed by atoms with Crippen molar-refractivity contribution in [1.82, 2.24) is 9.97 Å². The SMILES string of the molecule is O=C1C/C=C\Oc2cccc(c2)/N=C\C2=c3c(ncn/c3=N/C=C\C=N/1)NC2=O. The number of hydrogen-bond donors (Lipinski definition) is 1. The van der Waals surface area contributed by atoms with E-state index in [0.717, 1.165) is 0 Å². The molecule has 2 aliphatic heterocycles. The molecule has 2 bridgehead atoms.